The molecule has 0 saturated heterocycles. The van der Waals surface area contributed by atoms with E-state index in [2.05, 4.69) is 25.2 Å². The van der Waals surface area contributed by atoms with Crippen LogP contribution in [0.1, 0.15) is 42.1 Å². The fourth-order valence-electron chi connectivity index (χ4n) is 3.85. The molecule has 10 nitrogen and oxygen atoms in total. The lowest BCUT2D eigenvalue weighted by molar-refractivity contribution is -0.370. The van der Waals surface area contributed by atoms with E-state index in [9.17, 15) is 48.3 Å². The number of hydrogen-bond acceptors (Lipinski definition) is 10. The van der Waals surface area contributed by atoms with E-state index in [-0.39, 0.29) is 28.8 Å². The first-order valence-corrected chi connectivity index (χ1v) is 13.8. The molecule has 1 atom stereocenters. The summed E-state index contributed by atoms with van der Waals surface area (Å²) in [6.07, 6.45) is -15.0. The highest BCUT2D eigenvalue weighted by atomic mass is 32.2. The van der Waals surface area contributed by atoms with E-state index >= 15 is 0 Å². The molecule has 0 spiro atoms. The van der Waals surface area contributed by atoms with Gasteiger partial charge in [0.1, 0.15) is 5.69 Å². The highest BCUT2D eigenvalue weighted by Gasteiger charge is 2.62. The van der Waals surface area contributed by atoms with Crippen LogP contribution in [0.15, 0.2) is 22.4 Å². The molecule has 20 heteroatoms. The van der Waals surface area contributed by atoms with Gasteiger partial charge < -0.3 is 9.64 Å². The molecule has 2 aromatic rings. The maximum Gasteiger partial charge on any atom is 0.501 e. The summed E-state index contributed by atoms with van der Waals surface area (Å²) in [4.78, 5) is 13.6. The molecule has 1 aliphatic heterocycles. The number of fused-ring (bicyclic) bond motifs is 1. The van der Waals surface area contributed by atoms with Crippen molar-refractivity contribution in [3.63, 3.8) is 0 Å². The number of ether oxygens (including phenoxy) is 1. The van der Waals surface area contributed by atoms with Gasteiger partial charge in [0, 0.05) is 18.3 Å². The number of aryl methyl sites for hydroxylation is 1. The summed E-state index contributed by atoms with van der Waals surface area (Å²) >= 11 is 0.121. The zero-order valence-electron chi connectivity index (χ0n) is 20.5. The number of aromatic nitrogens is 2. The molecule has 1 N–H and O–H groups in total. The van der Waals surface area contributed by atoms with Crippen molar-refractivity contribution < 1.29 is 53.1 Å². The predicted octanol–water partition coefficient (Wildman–Crippen LogP) is 6.12. The minimum Gasteiger partial charge on any atom is -0.388 e. The molecule has 0 fully saturated rings. The molecule has 0 radical (unpaired) electrons. The van der Waals surface area contributed by atoms with Crippen molar-refractivity contribution in [2.45, 2.75) is 57.6 Å². The van der Waals surface area contributed by atoms with Crippen LogP contribution in [0.5, 0.6) is 0 Å². The van der Waals surface area contributed by atoms with Crippen LogP contribution in [0.4, 0.5) is 57.3 Å². The van der Waals surface area contributed by atoms with E-state index < -0.39 is 50.3 Å². The monoisotopic (exact) mass is 624 g/mol. The molecule has 3 rings (SSSR count). The number of hydrogen-bond donors (Lipinski definition) is 1. The number of anilines is 2. The van der Waals surface area contributed by atoms with Crippen LogP contribution in [0, 0.1) is 0 Å². The molecular formula is C20H20F8N6O4S2. The van der Waals surface area contributed by atoms with Crippen molar-refractivity contribution in [2.24, 2.45) is 10.2 Å². The molecule has 1 unspecified atom stereocenters. The normalized spacial score (nSPS) is 16.8. The first-order valence-electron chi connectivity index (χ1n) is 11.3. The van der Waals surface area contributed by atoms with E-state index in [4.69, 9.17) is 0 Å². The Bertz CT molecular complexity index is 1380. The van der Waals surface area contributed by atoms with Gasteiger partial charge in [-0.2, -0.15) is 35.1 Å². The summed E-state index contributed by atoms with van der Waals surface area (Å²) < 4.78 is 131. The number of sulfonamides is 1. The predicted molar refractivity (Wildman–Crippen MR) is 126 cm³/mol. The Morgan fingerprint density at radius 3 is 2.38 bits per heavy atom. The van der Waals surface area contributed by atoms with E-state index in [1.54, 1.807) is 0 Å². The molecule has 222 valence electrons. The summed E-state index contributed by atoms with van der Waals surface area (Å²) in [6.45, 7) is 4.31. The largest absolute Gasteiger partial charge is 0.501 e. The van der Waals surface area contributed by atoms with Gasteiger partial charge in [-0.15, -0.1) is 20.4 Å². The summed E-state index contributed by atoms with van der Waals surface area (Å²) in [5.74, 6) is -4.34. The van der Waals surface area contributed by atoms with Crippen molar-refractivity contribution in [3.05, 3.63) is 22.7 Å². The fraction of sp³-hybridized carbons (Fsp3) is 0.550. The number of nitrogens with one attached hydrogen (secondary N) is 1. The lowest BCUT2D eigenvalue weighted by Gasteiger charge is -2.38. The third kappa shape index (κ3) is 7.52. The van der Waals surface area contributed by atoms with Gasteiger partial charge in [0.05, 0.1) is 5.69 Å². The van der Waals surface area contributed by atoms with Gasteiger partial charge in [0.2, 0.25) is 15.0 Å². The van der Waals surface area contributed by atoms with Crippen LogP contribution < -0.4 is 9.62 Å². The van der Waals surface area contributed by atoms with Crippen LogP contribution in [0.25, 0.3) is 0 Å². The van der Waals surface area contributed by atoms with Gasteiger partial charge in [-0.3, -0.25) is 4.72 Å². The lowest BCUT2D eigenvalue weighted by Crippen LogP contribution is -2.40. The Hall–Kier alpha value is -3.16. The second kappa shape index (κ2) is 11.4. The summed E-state index contributed by atoms with van der Waals surface area (Å²) in [5, 5.41) is 12.2. The van der Waals surface area contributed by atoms with E-state index in [1.807, 2.05) is 23.5 Å². The summed E-state index contributed by atoms with van der Waals surface area (Å²) in [7, 11) is -4.95. The van der Waals surface area contributed by atoms with Gasteiger partial charge in [0.25, 0.3) is 5.13 Å². The van der Waals surface area contributed by atoms with Crippen molar-refractivity contribution in [3.8, 4) is 0 Å². The van der Waals surface area contributed by atoms with Crippen LogP contribution in [-0.4, -0.2) is 61.4 Å². The van der Waals surface area contributed by atoms with Gasteiger partial charge in [-0.05, 0) is 43.9 Å². The number of benzene rings is 1. The van der Waals surface area contributed by atoms with Crippen molar-refractivity contribution in [1.82, 2.24) is 10.2 Å². The van der Waals surface area contributed by atoms with Crippen molar-refractivity contribution >= 4 is 49.5 Å². The number of azo groups is 1. The minimum atomic E-state index is -6.18. The number of alkyl halides is 8. The molecule has 0 aliphatic carbocycles. The number of nitrogens with zero attached hydrogens (tertiary/aromatic N) is 5. The fourth-order valence-corrected chi connectivity index (χ4v) is 5.40. The van der Waals surface area contributed by atoms with Gasteiger partial charge in [-0.25, -0.2) is 13.2 Å². The van der Waals surface area contributed by atoms with Crippen LogP contribution in [-0.2, 0) is 21.2 Å². The Kier molecular flexibility index (Phi) is 8.92. The molecule has 1 aliphatic rings. The van der Waals surface area contributed by atoms with E-state index in [0.717, 1.165) is 12.8 Å². The first-order chi connectivity index (χ1) is 18.4. The molecule has 1 aromatic heterocycles. The maximum atomic E-state index is 13.0. The highest BCUT2D eigenvalue weighted by Crippen LogP contribution is 2.41. The van der Waals surface area contributed by atoms with Gasteiger partial charge >= 0.3 is 24.4 Å². The number of carbonyl (C=O) groups is 1. The van der Waals surface area contributed by atoms with Gasteiger partial charge in [-0.1, -0.05) is 18.3 Å². The maximum absolute atomic E-state index is 13.0. The third-order valence-corrected chi connectivity index (χ3v) is 7.53. The lowest BCUT2D eigenvalue weighted by atomic mass is 9.93. The standard InChI is InChI=1S/C20H20F8N6O4S2/c1-3-11-6-5-10-7-12(13(8-14(10)34(11)4-2)33-40(36,37)9-18(21,22)23)29-31-17-32-30-15(39-17)16(35)38-20(27,28)19(24,25)26/h7-8,11,33H,3-6,9H2,1-2H3. The smallest absolute Gasteiger partial charge is 0.388 e. The third-order valence-electron chi connectivity index (χ3n) is 5.51. The van der Waals surface area contributed by atoms with Crippen molar-refractivity contribution in [2.75, 3.05) is 21.9 Å². The molecule has 40 heavy (non-hydrogen) atoms. The Labute approximate surface area is 225 Å². The molecule has 0 bridgehead atoms. The highest BCUT2D eigenvalue weighted by molar-refractivity contribution is 7.92. The van der Waals surface area contributed by atoms with E-state index in [1.165, 1.54) is 12.1 Å². The first kappa shape index (κ1) is 31.4. The topological polar surface area (TPSA) is 126 Å². The summed E-state index contributed by atoms with van der Waals surface area (Å²) in [6, 6.07) is 2.79. The number of halogens is 8. The zero-order chi connectivity index (χ0) is 30.1. The molecule has 0 saturated carbocycles. The Morgan fingerprint density at radius 1 is 1.12 bits per heavy atom. The van der Waals surface area contributed by atoms with Crippen LogP contribution in [0.2, 0.25) is 0 Å². The quantitative estimate of drug-likeness (QED) is 0.202. The van der Waals surface area contributed by atoms with E-state index in [0.29, 0.717) is 24.2 Å². The zero-order valence-corrected chi connectivity index (χ0v) is 22.1. The SMILES string of the molecule is CCC1CCc2cc(N=Nc3nnc(C(=O)OC(F)(F)C(F)(F)F)s3)c(NS(=O)(=O)CC(F)(F)F)cc2N1CC. The van der Waals surface area contributed by atoms with Crippen LogP contribution >= 0.6 is 11.3 Å². The average Bonchev–Trinajstić information content (AvgIpc) is 3.28. The Balaban J connectivity index is 1.96. The minimum absolute atomic E-state index is 0.0916. The molecule has 0 amide bonds. The van der Waals surface area contributed by atoms with Crippen molar-refractivity contribution in [1.29, 1.82) is 0 Å². The average molecular weight is 625 g/mol. The number of carbonyl (C=O) groups excluding carboxylic acids is 1. The second-order valence-corrected chi connectivity index (χ2v) is 11.0. The Morgan fingerprint density at radius 2 is 1.80 bits per heavy atom. The summed E-state index contributed by atoms with van der Waals surface area (Å²) in [5.41, 5.74) is 0.625. The second-order valence-electron chi connectivity index (χ2n) is 8.36. The van der Waals surface area contributed by atoms with Gasteiger partial charge in [0.15, 0.2) is 5.75 Å². The van der Waals surface area contributed by atoms with Crippen LogP contribution in [0.3, 0.4) is 0 Å². The number of esters is 1. The molecule has 1 aromatic carbocycles. The molecular weight excluding hydrogens is 604 g/mol. The number of rotatable bonds is 9. The molecule has 2 heterocycles.